The Hall–Kier alpha value is -0.370. The van der Waals surface area contributed by atoms with E-state index in [-0.39, 0.29) is 0 Å². The Morgan fingerprint density at radius 3 is 2.42 bits per heavy atom. The molecule has 0 saturated carbocycles. The molecule has 7 heteroatoms. The highest BCUT2D eigenvalue weighted by Crippen LogP contribution is 2.33. The summed E-state index contributed by atoms with van der Waals surface area (Å²) < 4.78 is 29.0. The Labute approximate surface area is 133 Å². The largest absolute Gasteiger partial charge is 0.278 e. The summed E-state index contributed by atoms with van der Waals surface area (Å²) in [6, 6.07) is 7.18. The van der Waals surface area contributed by atoms with E-state index in [1.807, 2.05) is 26.0 Å². The first-order chi connectivity index (χ1) is 8.79. The fourth-order valence-corrected chi connectivity index (χ4v) is 5.25. The fraction of sp³-hybridized carbons (Fsp3) is 0.167. The summed E-state index contributed by atoms with van der Waals surface area (Å²) in [6.07, 6.45) is 0. The molecule has 1 N–H and O–H groups in total. The Balaban J connectivity index is 2.39. The Morgan fingerprint density at radius 1 is 1.16 bits per heavy atom. The average molecular weight is 425 g/mol. The Morgan fingerprint density at radius 2 is 1.84 bits per heavy atom. The van der Waals surface area contributed by atoms with Crippen LogP contribution in [0.15, 0.2) is 36.7 Å². The number of hydrogen-bond donors (Lipinski definition) is 1. The van der Waals surface area contributed by atoms with Crippen molar-refractivity contribution in [1.29, 1.82) is 0 Å². The van der Waals surface area contributed by atoms with Crippen molar-refractivity contribution in [3.05, 3.63) is 43.7 Å². The van der Waals surface area contributed by atoms with Gasteiger partial charge < -0.3 is 0 Å². The summed E-state index contributed by atoms with van der Waals surface area (Å²) in [5, 5.41) is 0. The molecule has 1 aromatic carbocycles. The molecule has 0 unspecified atom stereocenters. The first-order valence-electron chi connectivity index (χ1n) is 5.34. The number of nitrogens with one attached hydrogen (secondary N) is 1. The number of benzene rings is 1. The minimum Gasteiger partial charge on any atom is -0.278 e. The van der Waals surface area contributed by atoms with Gasteiger partial charge in [-0.2, -0.15) is 0 Å². The third kappa shape index (κ3) is 3.39. The second-order valence-electron chi connectivity index (χ2n) is 4.11. The molecule has 3 nitrogen and oxygen atoms in total. The molecule has 0 radical (unpaired) electrons. The average Bonchev–Trinajstić information content (AvgIpc) is 2.65. The van der Waals surface area contributed by atoms with E-state index >= 15 is 0 Å². The molecular formula is C12H11Br2NO2S2. The number of hydrogen-bond acceptors (Lipinski definition) is 3. The standard InChI is InChI=1S/C12H11Br2NO2S2/c1-7-3-4-9(13)10(5-7)15-19(16,17)11-6-8(2)12(14)18-11/h3-6,15H,1-2H3. The lowest BCUT2D eigenvalue weighted by atomic mass is 10.2. The second-order valence-corrected chi connectivity index (χ2v) is 9.24. The fourth-order valence-electron chi connectivity index (χ4n) is 1.48. The van der Waals surface area contributed by atoms with E-state index < -0.39 is 10.0 Å². The molecule has 2 rings (SSSR count). The zero-order valence-corrected chi connectivity index (χ0v) is 15.0. The number of aryl methyl sites for hydroxylation is 2. The molecule has 1 heterocycles. The van der Waals surface area contributed by atoms with Crippen molar-refractivity contribution < 1.29 is 8.42 Å². The van der Waals surface area contributed by atoms with E-state index in [1.54, 1.807) is 12.1 Å². The first-order valence-corrected chi connectivity index (χ1v) is 9.23. The lowest BCUT2D eigenvalue weighted by Crippen LogP contribution is -2.12. The Kier molecular flexibility index (Phi) is 4.39. The molecule has 0 amide bonds. The van der Waals surface area contributed by atoms with Crippen LogP contribution < -0.4 is 4.72 Å². The second kappa shape index (κ2) is 5.55. The van der Waals surface area contributed by atoms with Gasteiger partial charge in [0.2, 0.25) is 0 Å². The van der Waals surface area contributed by atoms with Crippen LogP contribution in [-0.2, 0) is 10.0 Å². The highest BCUT2D eigenvalue weighted by atomic mass is 79.9. The van der Waals surface area contributed by atoms with Crippen LogP contribution >= 0.6 is 43.2 Å². The Bertz CT molecular complexity index is 704. The maximum absolute atomic E-state index is 12.3. The zero-order chi connectivity index (χ0) is 14.2. The van der Waals surface area contributed by atoms with E-state index in [1.165, 1.54) is 11.3 Å². The van der Waals surface area contributed by atoms with Crippen LogP contribution in [0.3, 0.4) is 0 Å². The third-order valence-electron chi connectivity index (χ3n) is 2.47. The zero-order valence-electron chi connectivity index (χ0n) is 10.2. The van der Waals surface area contributed by atoms with E-state index in [9.17, 15) is 8.42 Å². The van der Waals surface area contributed by atoms with Crippen molar-refractivity contribution in [3.8, 4) is 0 Å². The SMILES string of the molecule is Cc1ccc(Br)c(NS(=O)(=O)c2cc(C)c(Br)s2)c1. The molecule has 0 aliphatic carbocycles. The van der Waals surface area contributed by atoms with E-state index in [2.05, 4.69) is 36.6 Å². The van der Waals surface area contributed by atoms with Gasteiger partial charge in [0.15, 0.2) is 0 Å². The number of sulfonamides is 1. The maximum Gasteiger partial charge on any atom is 0.271 e. The number of anilines is 1. The van der Waals surface area contributed by atoms with Gasteiger partial charge in [-0.15, -0.1) is 11.3 Å². The predicted molar refractivity (Wildman–Crippen MR) is 86.4 cm³/mol. The molecular weight excluding hydrogens is 414 g/mol. The van der Waals surface area contributed by atoms with Gasteiger partial charge in [-0.1, -0.05) is 6.07 Å². The summed E-state index contributed by atoms with van der Waals surface area (Å²) in [5.41, 5.74) is 2.44. The number of rotatable bonds is 3. The minimum atomic E-state index is -3.55. The molecule has 19 heavy (non-hydrogen) atoms. The van der Waals surface area contributed by atoms with Crippen molar-refractivity contribution in [2.45, 2.75) is 18.1 Å². The lowest BCUT2D eigenvalue weighted by molar-refractivity contribution is 0.603. The first kappa shape index (κ1) is 15.0. The van der Waals surface area contributed by atoms with Crippen LogP contribution in [0.1, 0.15) is 11.1 Å². The van der Waals surface area contributed by atoms with E-state index in [4.69, 9.17) is 0 Å². The highest BCUT2D eigenvalue weighted by molar-refractivity contribution is 9.11. The van der Waals surface area contributed by atoms with Gasteiger partial charge >= 0.3 is 0 Å². The minimum absolute atomic E-state index is 0.297. The molecule has 0 atom stereocenters. The summed E-state index contributed by atoms with van der Waals surface area (Å²) in [7, 11) is -3.55. The smallest absolute Gasteiger partial charge is 0.271 e. The molecule has 2 aromatic rings. The van der Waals surface area contributed by atoms with Crippen molar-refractivity contribution in [1.82, 2.24) is 0 Å². The summed E-state index contributed by atoms with van der Waals surface area (Å²) in [6.45, 7) is 3.78. The topological polar surface area (TPSA) is 46.2 Å². The van der Waals surface area contributed by atoms with E-state index in [0.717, 1.165) is 14.9 Å². The quantitative estimate of drug-likeness (QED) is 0.776. The summed E-state index contributed by atoms with van der Waals surface area (Å²) >= 11 is 7.88. The van der Waals surface area contributed by atoms with Crippen LogP contribution in [0.2, 0.25) is 0 Å². The normalized spacial score (nSPS) is 11.6. The van der Waals surface area contributed by atoms with Crippen molar-refractivity contribution in [3.63, 3.8) is 0 Å². The molecule has 102 valence electrons. The third-order valence-corrected chi connectivity index (χ3v) is 7.13. The van der Waals surface area contributed by atoms with Gasteiger partial charge in [0.25, 0.3) is 10.0 Å². The van der Waals surface area contributed by atoms with Crippen molar-refractivity contribution in [2.24, 2.45) is 0 Å². The molecule has 0 saturated heterocycles. The van der Waals surface area contributed by atoms with Gasteiger partial charge in [-0.3, -0.25) is 4.72 Å². The van der Waals surface area contributed by atoms with Gasteiger partial charge in [-0.25, -0.2) is 8.42 Å². The van der Waals surface area contributed by atoms with Gasteiger partial charge in [0.1, 0.15) is 4.21 Å². The maximum atomic E-state index is 12.3. The van der Waals surface area contributed by atoms with Crippen molar-refractivity contribution in [2.75, 3.05) is 4.72 Å². The number of thiophene rings is 1. The van der Waals surface area contributed by atoms with Crippen LogP contribution in [0.5, 0.6) is 0 Å². The van der Waals surface area contributed by atoms with E-state index in [0.29, 0.717) is 14.4 Å². The van der Waals surface area contributed by atoms with Crippen LogP contribution in [0, 0.1) is 13.8 Å². The summed E-state index contributed by atoms with van der Waals surface area (Å²) in [5.74, 6) is 0. The van der Waals surface area contributed by atoms with Gasteiger partial charge in [-0.05, 0) is 75.0 Å². The van der Waals surface area contributed by atoms with Gasteiger partial charge in [0, 0.05) is 4.47 Å². The highest BCUT2D eigenvalue weighted by Gasteiger charge is 2.19. The van der Waals surface area contributed by atoms with Gasteiger partial charge in [0.05, 0.1) is 9.47 Å². The van der Waals surface area contributed by atoms with Crippen LogP contribution in [0.4, 0.5) is 5.69 Å². The molecule has 0 fully saturated rings. The monoisotopic (exact) mass is 423 g/mol. The lowest BCUT2D eigenvalue weighted by Gasteiger charge is -2.09. The summed E-state index contributed by atoms with van der Waals surface area (Å²) in [4.78, 5) is 0. The predicted octanol–water partition coefficient (Wildman–Crippen LogP) is 4.69. The number of halogens is 2. The molecule has 0 spiro atoms. The molecule has 0 bridgehead atoms. The molecule has 1 aromatic heterocycles. The van der Waals surface area contributed by atoms with Crippen LogP contribution in [-0.4, -0.2) is 8.42 Å². The van der Waals surface area contributed by atoms with Crippen LogP contribution in [0.25, 0.3) is 0 Å². The van der Waals surface area contributed by atoms with Crippen molar-refractivity contribution >= 4 is 58.9 Å². The molecule has 0 aliphatic rings. The molecule has 0 aliphatic heterocycles.